The van der Waals surface area contributed by atoms with Crippen LogP contribution in [-0.4, -0.2) is 34.9 Å². The highest BCUT2D eigenvalue weighted by Crippen LogP contribution is 2.26. The van der Waals surface area contributed by atoms with Crippen LogP contribution < -0.4 is 10.2 Å². The maximum absolute atomic E-state index is 13.1. The molecule has 3 aromatic rings. The fourth-order valence-corrected chi connectivity index (χ4v) is 4.99. The zero-order valence-corrected chi connectivity index (χ0v) is 19.7. The molecular weight excluding hydrogens is 470 g/mol. The minimum absolute atomic E-state index is 0.00135. The van der Waals surface area contributed by atoms with Crippen LogP contribution in [-0.2, 0) is 17.6 Å². The van der Waals surface area contributed by atoms with Crippen molar-refractivity contribution in [3.8, 4) is 0 Å². The lowest BCUT2D eigenvalue weighted by atomic mass is 9.96. The highest BCUT2D eigenvalue weighted by Gasteiger charge is 2.26. The van der Waals surface area contributed by atoms with E-state index in [1.54, 1.807) is 24.3 Å². The monoisotopic (exact) mass is 492 g/mol. The molecule has 0 radical (unpaired) electrons. The first-order valence-corrected chi connectivity index (χ1v) is 12.0. The Morgan fingerprint density at radius 3 is 2.62 bits per heavy atom. The molecule has 1 aliphatic rings. The van der Waals surface area contributed by atoms with Crippen molar-refractivity contribution in [1.82, 2.24) is 14.7 Å². The van der Waals surface area contributed by atoms with E-state index in [1.165, 1.54) is 23.7 Å². The average molecular weight is 493 g/mol. The molecule has 0 unspecified atom stereocenters. The summed E-state index contributed by atoms with van der Waals surface area (Å²) in [5.74, 6) is 0.571. The van der Waals surface area contributed by atoms with E-state index < -0.39 is 0 Å². The van der Waals surface area contributed by atoms with Gasteiger partial charge in [-0.15, -0.1) is 0 Å². The van der Waals surface area contributed by atoms with Crippen molar-refractivity contribution in [2.75, 3.05) is 24.5 Å². The van der Waals surface area contributed by atoms with Gasteiger partial charge in [0.25, 0.3) is 0 Å². The molecule has 0 atom stereocenters. The molecule has 4 rings (SSSR count). The van der Waals surface area contributed by atoms with Crippen LogP contribution in [0, 0.1) is 11.7 Å². The zero-order chi connectivity index (χ0) is 22.5. The smallest absolute Gasteiger partial charge is 0.223 e. The summed E-state index contributed by atoms with van der Waals surface area (Å²) in [4.78, 5) is 19.4. The third-order valence-electron chi connectivity index (χ3n) is 5.58. The van der Waals surface area contributed by atoms with E-state index in [2.05, 4.69) is 19.6 Å². The number of amides is 1. The number of hydrogen-bond acceptors (Lipinski definition) is 5. The van der Waals surface area contributed by atoms with E-state index in [-0.39, 0.29) is 17.6 Å². The number of carbonyl (C=O) groups excluding carboxylic acids is 1. The summed E-state index contributed by atoms with van der Waals surface area (Å²) in [6.45, 7) is 2.09. The van der Waals surface area contributed by atoms with Crippen molar-refractivity contribution in [2.24, 2.45) is 5.92 Å². The SMILES string of the molecule is O=C(NCCc1ccc(Cl)cc1Cl)C1CCN(c2nc(Cc3ccc(F)cc3)ns2)CC1. The topological polar surface area (TPSA) is 58.1 Å². The lowest BCUT2D eigenvalue weighted by molar-refractivity contribution is -0.125. The van der Waals surface area contributed by atoms with E-state index >= 15 is 0 Å². The van der Waals surface area contributed by atoms with Gasteiger partial charge in [0, 0.05) is 53.6 Å². The lowest BCUT2D eigenvalue weighted by Crippen LogP contribution is -2.41. The Morgan fingerprint density at radius 2 is 1.91 bits per heavy atom. The van der Waals surface area contributed by atoms with Crippen molar-refractivity contribution in [3.63, 3.8) is 0 Å². The molecule has 1 N–H and O–H groups in total. The van der Waals surface area contributed by atoms with Crippen LogP contribution in [0.4, 0.5) is 9.52 Å². The molecule has 1 aromatic heterocycles. The molecule has 5 nitrogen and oxygen atoms in total. The van der Waals surface area contributed by atoms with E-state index in [0.29, 0.717) is 29.4 Å². The minimum Gasteiger partial charge on any atom is -0.356 e. The first-order valence-electron chi connectivity index (χ1n) is 10.5. The van der Waals surface area contributed by atoms with Gasteiger partial charge in [0.05, 0.1) is 0 Å². The molecule has 2 aromatic carbocycles. The number of hydrogen-bond donors (Lipinski definition) is 1. The van der Waals surface area contributed by atoms with Crippen molar-refractivity contribution in [3.05, 3.63) is 75.3 Å². The molecule has 2 heterocycles. The van der Waals surface area contributed by atoms with Gasteiger partial charge in [0.2, 0.25) is 11.0 Å². The molecular formula is C23H23Cl2FN4OS. The standard InChI is InChI=1S/C23H23Cl2FN4OS/c24-18-4-3-16(20(25)14-18)7-10-27-22(31)17-8-11-30(12-9-17)23-28-21(29-32-23)13-15-1-5-19(26)6-2-15/h1-6,14,17H,7-13H2,(H,27,31). The fourth-order valence-electron chi connectivity index (χ4n) is 3.75. The van der Waals surface area contributed by atoms with Crippen LogP contribution in [0.25, 0.3) is 0 Å². The third kappa shape index (κ3) is 5.97. The zero-order valence-electron chi connectivity index (χ0n) is 17.4. The molecule has 1 fully saturated rings. The van der Waals surface area contributed by atoms with Crippen molar-refractivity contribution in [2.45, 2.75) is 25.7 Å². The van der Waals surface area contributed by atoms with E-state index in [0.717, 1.165) is 48.0 Å². The summed E-state index contributed by atoms with van der Waals surface area (Å²) < 4.78 is 17.5. The molecule has 0 spiro atoms. The predicted octanol–water partition coefficient (Wildman–Crippen LogP) is 5.15. The number of nitrogens with zero attached hydrogens (tertiary/aromatic N) is 3. The number of aromatic nitrogens is 2. The number of halogens is 3. The van der Waals surface area contributed by atoms with Crippen LogP contribution in [0.2, 0.25) is 10.0 Å². The van der Waals surface area contributed by atoms with Gasteiger partial charge in [-0.3, -0.25) is 4.79 Å². The second-order valence-corrected chi connectivity index (χ2v) is 9.41. The Labute approximate surface area is 200 Å². The van der Waals surface area contributed by atoms with Crippen LogP contribution >= 0.6 is 34.7 Å². The van der Waals surface area contributed by atoms with Crippen LogP contribution in [0.1, 0.15) is 29.8 Å². The Balaban J connectivity index is 1.22. The van der Waals surface area contributed by atoms with E-state index in [1.807, 2.05) is 6.07 Å². The Hall–Kier alpha value is -2.22. The maximum Gasteiger partial charge on any atom is 0.223 e. The van der Waals surface area contributed by atoms with Gasteiger partial charge in [-0.25, -0.2) is 9.37 Å². The molecule has 0 bridgehead atoms. The summed E-state index contributed by atoms with van der Waals surface area (Å²) in [7, 11) is 0. The van der Waals surface area contributed by atoms with Gasteiger partial charge in [-0.1, -0.05) is 41.4 Å². The van der Waals surface area contributed by atoms with Crippen molar-refractivity contribution >= 4 is 45.8 Å². The molecule has 9 heteroatoms. The largest absolute Gasteiger partial charge is 0.356 e. The van der Waals surface area contributed by atoms with Crippen LogP contribution in [0.3, 0.4) is 0 Å². The molecule has 168 valence electrons. The quantitative estimate of drug-likeness (QED) is 0.495. The molecule has 0 aliphatic carbocycles. The summed E-state index contributed by atoms with van der Waals surface area (Å²) in [6.07, 6.45) is 2.80. The van der Waals surface area contributed by atoms with E-state index in [4.69, 9.17) is 23.2 Å². The highest BCUT2D eigenvalue weighted by atomic mass is 35.5. The first kappa shape index (κ1) is 23.0. The number of anilines is 1. The maximum atomic E-state index is 13.1. The van der Waals surface area contributed by atoms with Gasteiger partial charge >= 0.3 is 0 Å². The average Bonchev–Trinajstić information content (AvgIpc) is 3.25. The van der Waals surface area contributed by atoms with Gasteiger partial charge < -0.3 is 10.2 Å². The minimum atomic E-state index is -0.249. The van der Waals surface area contributed by atoms with Crippen molar-refractivity contribution in [1.29, 1.82) is 0 Å². The Kier molecular flexibility index (Phi) is 7.60. The van der Waals surface area contributed by atoms with Crippen LogP contribution in [0.15, 0.2) is 42.5 Å². The molecule has 32 heavy (non-hydrogen) atoms. The fraction of sp³-hybridized carbons (Fsp3) is 0.348. The number of piperidine rings is 1. The summed E-state index contributed by atoms with van der Waals surface area (Å²) >= 11 is 13.5. The normalized spacial score (nSPS) is 14.5. The van der Waals surface area contributed by atoms with E-state index in [9.17, 15) is 9.18 Å². The van der Waals surface area contributed by atoms with Gasteiger partial charge in [0.1, 0.15) is 11.6 Å². The summed E-state index contributed by atoms with van der Waals surface area (Å²) in [6, 6.07) is 11.8. The predicted molar refractivity (Wildman–Crippen MR) is 127 cm³/mol. The van der Waals surface area contributed by atoms with Gasteiger partial charge in [-0.2, -0.15) is 4.37 Å². The summed E-state index contributed by atoms with van der Waals surface area (Å²) in [5, 5.41) is 5.13. The number of nitrogens with one attached hydrogen (secondary N) is 1. The number of rotatable bonds is 7. The third-order valence-corrected chi connectivity index (χ3v) is 6.98. The molecule has 1 saturated heterocycles. The Bertz CT molecular complexity index is 1070. The van der Waals surface area contributed by atoms with Gasteiger partial charge in [0.15, 0.2) is 0 Å². The summed E-state index contributed by atoms with van der Waals surface area (Å²) in [5.41, 5.74) is 1.95. The lowest BCUT2D eigenvalue weighted by Gasteiger charge is -2.30. The van der Waals surface area contributed by atoms with Crippen LogP contribution in [0.5, 0.6) is 0 Å². The van der Waals surface area contributed by atoms with Crippen molar-refractivity contribution < 1.29 is 9.18 Å². The second-order valence-electron chi connectivity index (χ2n) is 7.83. The molecule has 1 amide bonds. The number of carbonyl (C=O) groups is 1. The second kappa shape index (κ2) is 10.6. The number of benzene rings is 2. The Morgan fingerprint density at radius 1 is 1.16 bits per heavy atom. The first-order chi connectivity index (χ1) is 15.5. The highest BCUT2D eigenvalue weighted by molar-refractivity contribution is 7.09. The van der Waals surface area contributed by atoms with Gasteiger partial charge in [-0.05, 0) is 54.7 Å². The molecule has 1 aliphatic heterocycles. The molecule has 0 saturated carbocycles.